The molecule has 0 bridgehead atoms. The van der Waals surface area contributed by atoms with Crippen LogP contribution in [0.1, 0.15) is 16.7 Å². The average Bonchev–Trinajstić information content (AvgIpc) is 3.43. The standard InChI is InChI=1S/C29H31NO9S/c1-34-28(31)30-29(21-38-40(30,32)33)27(37-19-24-15-9-4-10-16-24)26(36-18-23-13-7-3-8-14-23)25(39-29)20-35-17-22-11-5-2-6-12-22/h2-16,25-27H,17-21H2,1H3/t25-,26-,27+,29-/m1/s1. The van der Waals surface area contributed by atoms with Crippen molar-refractivity contribution in [2.75, 3.05) is 20.3 Å². The van der Waals surface area contributed by atoms with Gasteiger partial charge in [0.25, 0.3) is 0 Å². The largest absolute Gasteiger partial charge is 0.452 e. The highest BCUT2D eigenvalue weighted by molar-refractivity contribution is 7.85. The lowest BCUT2D eigenvalue weighted by molar-refractivity contribution is -0.165. The molecule has 0 aliphatic carbocycles. The summed E-state index contributed by atoms with van der Waals surface area (Å²) in [5, 5.41) is 0. The molecular formula is C29H31NO9S. The van der Waals surface area contributed by atoms with E-state index >= 15 is 0 Å². The summed E-state index contributed by atoms with van der Waals surface area (Å²) in [6.45, 7) is 0.135. The Labute approximate surface area is 233 Å². The zero-order valence-corrected chi connectivity index (χ0v) is 22.8. The summed E-state index contributed by atoms with van der Waals surface area (Å²) in [6, 6.07) is 28.5. The van der Waals surface area contributed by atoms with Gasteiger partial charge in [-0.15, -0.1) is 4.31 Å². The fraction of sp³-hybridized carbons (Fsp3) is 0.345. The van der Waals surface area contributed by atoms with Gasteiger partial charge in [-0.05, 0) is 16.7 Å². The molecule has 3 aromatic carbocycles. The van der Waals surface area contributed by atoms with Crippen molar-refractivity contribution < 1.29 is 41.1 Å². The van der Waals surface area contributed by atoms with Gasteiger partial charge in [0.15, 0.2) is 0 Å². The number of nitrogens with zero attached hydrogens (tertiary/aromatic N) is 1. The fourth-order valence-corrected chi connectivity index (χ4v) is 6.12. The number of rotatable bonds is 10. The topological polar surface area (TPSA) is 110 Å². The second-order valence-corrected chi connectivity index (χ2v) is 10.9. The lowest BCUT2D eigenvalue weighted by Crippen LogP contribution is -2.59. The van der Waals surface area contributed by atoms with E-state index in [9.17, 15) is 13.2 Å². The normalized spacial score (nSPS) is 25.3. The third kappa shape index (κ3) is 6.04. The molecule has 2 fully saturated rings. The molecule has 0 aromatic heterocycles. The van der Waals surface area contributed by atoms with Gasteiger partial charge in [-0.1, -0.05) is 91.0 Å². The molecule has 2 aliphatic rings. The molecule has 0 N–H and O–H groups in total. The number of hydrogen-bond donors (Lipinski definition) is 0. The minimum atomic E-state index is -4.53. The van der Waals surface area contributed by atoms with Crippen LogP contribution in [-0.4, -0.2) is 63.2 Å². The minimum Gasteiger partial charge on any atom is -0.452 e. The van der Waals surface area contributed by atoms with E-state index in [1.54, 1.807) is 0 Å². The van der Waals surface area contributed by atoms with Crippen molar-refractivity contribution >= 4 is 16.4 Å². The second-order valence-electron chi connectivity index (χ2n) is 9.43. The molecule has 0 unspecified atom stereocenters. The molecule has 3 aromatic rings. The van der Waals surface area contributed by atoms with Gasteiger partial charge in [0.1, 0.15) is 24.9 Å². The summed E-state index contributed by atoms with van der Waals surface area (Å²) >= 11 is 0. The van der Waals surface area contributed by atoms with E-state index in [0.29, 0.717) is 10.9 Å². The van der Waals surface area contributed by atoms with Crippen LogP contribution in [0.4, 0.5) is 4.79 Å². The molecule has 11 heteroatoms. The van der Waals surface area contributed by atoms with Crippen LogP contribution in [0.2, 0.25) is 0 Å². The third-order valence-corrected chi connectivity index (χ3v) is 8.06. The van der Waals surface area contributed by atoms with Crippen molar-refractivity contribution in [3.05, 3.63) is 108 Å². The molecule has 1 amide bonds. The monoisotopic (exact) mass is 569 g/mol. The highest BCUT2D eigenvalue weighted by Crippen LogP contribution is 2.45. The number of carbonyl (C=O) groups excluding carboxylic acids is 1. The van der Waals surface area contributed by atoms with E-state index in [2.05, 4.69) is 0 Å². The molecule has 0 radical (unpaired) electrons. The summed E-state index contributed by atoms with van der Waals surface area (Å²) < 4.78 is 61.3. The zero-order valence-electron chi connectivity index (χ0n) is 22.0. The molecular weight excluding hydrogens is 538 g/mol. The van der Waals surface area contributed by atoms with Crippen molar-refractivity contribution in [3.8, 4) is 0 Å². The van der Waals surface area contributed by atoms with Crippen LogP contribution in [0.5, 0.6) is 0 Å². The maximum absolute atomic E-state index is 12.9. The van der Waals surface area contributed by atoms with Crippen molar-refractivity contribution in [2.45, 2.75) is 43.9 Å². The lowest BCUT2D eigenvalue weighted by atomic mass is 10.0. The number of benzene rings is 3. The van der Waals surface area contributed by atoms with Gasteiger partial charge in [0.2, 0.25) is 5.72 Å². The van der Waals surface area contributed by atoms with Crippen molar-refractivity contribution in [1.82, 2.24) is 4.31 Å². The smallest absolute Gasteiger partial charge is 0.427 e. The van der Waals surface area contributed by atoms with Crippen LogP contribution in [0.3, 0.4) is 0 Å². The first-order valence-corrected chi connectivity index (χ1v) is 14.2. The van der Waals surface area contributed by atoms with E-state index in [4.69, 9.17) is 27.9 Å². The van der Waals surface area contributed by atoms with Crippen molar-refractivity contribution in [3.63, 3.8) is 0 Å². The minimum absolute atomic E-state index is 0.0381. The average molecular weight is 570 g/mol. The summed E-state index contributed by atoms with van der Waals surface area (Å²) in [4.78, 5) is 12.8. The molecule has 40 heavy (non-hydrogen) atoms. The molecule has 5 rings (SSSR count). The van der Waals surface area contributed by atoms with Crippen LogP contribution in [0.15, 0.2) is 91.0 Å². The highest BCUT2D eigenvalue weighted by Gasteiger charge is 2.69. The summed E-state index contributed by atoms with van der Waals surface area (Å²) in [5.74, 6) is 0. The Morgan fingerprint density at radius 3 is 1.93 bits per heavy atom. The van der Waals surface area contributed by atoms with Crippen molar-refractivity contribution in [2.24, 2.45) is 0 Å². The fourth-order valence-electron chi connectivity index (χ4n) is 4.86. The van der Waals surface area contributed by atoms with E-state index in [1.165, 1.54) is 0 Å². The van der Waals surface area contributed by atoms with Gasteiger partial charge in [-0.3, -0.25) is 0 Å². The molecule has 1 spiro atoms. The Kier molecular flexibility index (Phi) is 8.79. The summed E-state index contributed by atoms with van der Waals surface area (Å²) in [7, 11) is -3.44. The molecule has 4 atom stereocenters. The lowest BCUT2D eigenvalue weighted by Gasteiger charge is -2.34. The van der Waals surface area contributed by atoms with E-state index in [1.807, 2.05) is 91.0 Å². The first-order valence-electron chi connectivity index (χ1n) is 12.8. The van der Waals surface area contributed by atoms with Crippen LogP contribution in [-0.2, 0) is 58.0 Å². The number of methoxy groups -OCH3 is 1. The third-order valence-electron chi connectivity index (χ3n) is 6.74. The first-order chi connectivity index (χ1) is 19.4. The Hall–Kier alpha value is -3.32. The van der Waals surface area contributed by atoms with Gasteiger partial charge in [-0.2, -0.15) is 8.42 Å². The first kappa shape index (κ1) is 28.2. The van der Waals surface area contributed by atoms with Gasteiger partial charge in [-0.25, -0.2) is 8.98 Å². The van der Waals surface area contributed by atoms with Crippen molar-refractivity contribution in [1.29, 1.82) is 0 Å². The van der Waals surface area contributed by atoms with Crippen LogP contribution >= 0.6 is 0 Å². The zero-order chi connectivity index (χ0) is 28.0. The number of hydrogen-bond acceptors (Lipinski definition) is 9. The summed E-state index contributed by atoms with van der Waals surface area (Å²) in [5.41, 5.74) is 0.823. The Bertz CT molecular complexity index is 1360. The molecule has 2 heterocycles. The van der Waals surface area contributed by atoms with Gasteiger partial charge in [0, 0.05) is 0 Å². The molecule has 10 nitrogen and oxygen atoms in total. The van der Waals surface area contributed by atoms with E-state index in [0.717, 1.165) is 23.8 Å². The number of carbonyl (C=O) groups is 1. The Balaban J connectivity index is 1.47. The quantitative estimate of drug-likeness (QED) is 0.360. The highest BCUT2D eigenvalue weighted by atomic mass is 32.2. The predicted octanol–water partition coefficient (Wildman–Crippen LogP) is 3.81. The number of amides is 1. The van der Waals surface area contributed by atoms with Gasteiger partial charge >= 0.3 is 16.4 Å². The summed E-state index contributed by atoms with van der Waals surface area (Å²) in [6.07, 6.45) is -3.86. The Morgan fingerprint density at radius 2 is 1.38 bits per heavy atom. The molecule has 2 saturated heterocycles. The van der Waals surface area contributed by atoms with Crippen LogP contribution in [0.25, 0.3) is 0 Å². The molecule has 212 valence electrons. The van der Waals surface area contributed by atoms with Gasteiger partial charge < -0.3 is 23.7 Å². The maximum Gasteiger partial charge on any atom is 0.427 e. The Morgan fingerprint density at radius 1 is 0.850 bits per heavy atom. The molecule has 2 aliphatic heterocycles. The van der Waals surface area contributed by atoms with Crippen LogP contribution < -0.4 is 0 Å². The van der Waals surface area contributed by atoms with Crippen LogP contribution in [0, 0.1) is 0 Å². The molecule has 0 saturated carbocycles. The SMILES string of the molecule is COC(=O)N1[C@]2(COS1(=O)=O)O[C@H](COCc1ccccc1)[C@@H](OCc1ccccc1)[C@@H]2OCc1ccccc1. The van der Waals surface area contributed by atoms with E-state index < -0.39 is 47.0 Å². The number of ether oxygens (including phenoxy) is 5. The predicted molar refractivity (Wildman–Crippen MR) is 143 cm³/mol. The van der Waals surface area contributed by atoms with Gasteiger partial charge in [0.05, 0.1) is 33.5 Å². The maximum atomic E-state index is 12.9. The second kappa shape index (κ2) is 12.5. The van der Waals surface area contributed by atoms with E-state index in [-0.39, 0.29) is 19.8 Å².